The number of amides is 1. The van der Waals surface area contributed by atoms with E-state index in [1.165, 1.54) is 7.11 Å². The Morgan fingerprint density at radius 1 is 1.18 bits per heavy atom. The lowest BCUT2D eigenvalue weighted by atomic mass is 10.0. The van der Waals surface area contributed by atoms with Crippen LogP contribution in [0.2, 0.25) is 0 Å². The molecule has 1 amide bonds. The predicted molar refractivity (Wildman–Crippen MR) is 112 cm³/mol. The Hall–Kier alpha value is -2.66. The molecule has 150 valence electrons. The fraction of sp³-hybridized carbons (Fsp3) is 0.391. The van der Waals surface area contributed by atoms with Crippen LogP contribution >= 0.6 is 0 Å². The van der Waals surface area contributed by atoms with Crippen LogP contribution in [-0.4, -0.2) is 54.0 Å². The molecule has 0 bridgehead atoms. The summed E-state index contributed by atoms with van der Waals surface area (Å²) in [5, 5.41) is 0. The smallest absolute Gasteiger partial charge is 0.337 e. The maximum atomic E-state index is 12.9. The fourth-order valence-electron chi connectivity index (χ4n) is 3.66. The molecule has 0 radical (unpaired) electrons. The molecule has 0 N–H and O–H groups in total. The van der Waals surface area contributed by atoms with Crippen LogP contribution in [0.25, 0.3) is 0 Å². The average Bonchev–Trinajstić information content (AvgIpc) is 2.68. The van der Waals surface area contributed by atoms with Crippen molar-refractivity contribution in [2.45, 2.75) is 39.4 Å². The number of hydrogen-bond donors (Lipinski definition) is 0. The largest absolute Gasteiger partial charge is 0.465 e. The van der Waals surface area contributed by atoms with Crippen molar-refractivity contribution in [3.8, 4) is 0 Å². The van der Waals surface area contributed by atoms with Gasteiger partial charge in [-0.1, -0.05) is 36.9 Å². The number of carbonyl (C=O) groups excluding carboxylic acids is 2. The second kappa shape index (κ2) is 10.0. The van der Waals surface area contributed by atoms with Gasteiger partial charge in [0.05, 0.1) is 12.7 Å². The summed E-state index contributed by atoms with van der Waals surface area (Å²) in [4.78, 5) is 28.8. The molecule has 1 fully saturated rings. The zero-order valence-corrected chi connectivity index (χ0v) is 17.2. The third-order valence-electron chi connectivity index (χ3n) is 4.95. The van der Waals surface area contributed by atoms with Crippen molar-refractivity contribution < 1.29 is 14.3 Å². The summed E-state index contributed by atoms with van der Waals surface area (Å²) in [5.74, 6) is -0.305. The first-order valence-electron chi connectivity index (χ1n) is 9.59. The van der Waals surface area contributed by atoms with E-state index in [2.05, 4.69) is 25.3 Å². The zero-order chi connectivity index (χ0) is 20.7. The predicted octanol–water partition coefficient (Wildman–Crippen LogP) is 3.58. The van der Waals surface area contributed by atoms with Crippen LogP contribution in [0.4, 0.5) is 0 Å². The molecule has 2 atom stereocenters. The first-order chi connectivity index (χ1) is 13.4. The normalized spacial score (nSPS) is 21.0. The van der Waals surface area contributed by atoms with Gasteiger partial charge in [0.15, 0.2) is 0 Å². The molecule has 1 saturated heterocycles. The van der Waals surface area contributed by atoms with Crippen LogP contribution in [0.3, 0.4) is 0 Å². The third kappa shape index (κ3) is 5.20. The highest BCUT2D eigenvalue weighted by Gasteiger charge is 2.33. The number of hydrogen-bond acceptors (Lipinski definition) is 4. The topological polar surface area (TPSA) is 49.9 Å². The van der Waals surface area contributed by atoms with Gasteiger partial charge in [-0.05, 0) is 44.5 Å². The highest BCUT2D eigenvalue weighted by atomic mass is 16.5. The van der Waals surface area contributed by atoms with Crippen LogP contribution < -0.4 is 0 Å². The van der Waals surface area contributed by atoms with Gasteiger partial charge in [-0.3, -0.25) is 9.69 Å². The first kappa shape index (κ1) is 21.6. The Morgan fingerprint density at radius 2 is 1.79 bits per heavy atom. The molecule has 5 heteroatoms. The van der Waals surface area contributed by atoms with Crippen molar-refractivity contribution in [3.05, 3.63) is 71.8 Å². The summed E-state index contributed by atoms with van der Waals surface area (Å²) >= 11 is 0. The van der Waals surface area contributed by atoms with Crippen LogP contribution in [0.15, 0.2) is 60.7 Å². The summed E-state index contributed by atoms with van der Waals surface area (Å²) in [6, 6.07) is 7.68. The Labute approximate surface area is 168 Å². The minimum Gasteiger partial charge on any atom is -0.465 e. The van der Waals surface area contributed by atoms with Crippen molar-refractivity contribution in [2.24, 2.45) is 0 Å². The zero-order valence-electron chi connectivity index (χ0n) is 17.2. The number of nitrogens with zero attached hydrogens (tertiary/aromatic N) is 2. The molecule has 0 aromatic heterocycles. The molecule has 1 aromatic rings. The number of piperazine rings is 1. The van der Waals surface area contributed by atoms with E-state index in [0.717, 1.165) is 25.2 Å². The summed E-state index contributed by atoms with van der Waals surface area (Å²) in [6.07, 6.45) is 7.19. The lowest BCUT2D eigenvalue weighted by molar-refractivity contribution is -0.134. The van der Waals surface area contributed by atoms with Gasteiger partial charge in [-0.2, -0.15) is 0 Å². The second-order valence-electron chi connectivity index (χ2n) is 7.14. The molecule has 5 nitrogen and oxygen atoms in total. The minimum atomic E-state index is -0.329. The van der Waals surface area contributed by atoms with Crippen LogP contribution in [0.1, 0.15) is 36.7 Å². The van der Waals surface area contributed by atoms with Crippen LogP contribution in [-0.2, 0) is 16.1 Å². The van der Waals surface area contributed by atoms with E-state index < -0.39 is 0 Å². The lowest BCUT2D eigenvalue weighted by Crippen LogP contribution is -2.58. The second-order valence-corrected chi connectivity index (χ2v) is 7.14. The molecular weight excluding hydrogens is 352 g/mol. The van der Waals surface area contributed by atoms with Gasteiger partial charge in [-0.15, -0.1) is 0 Å². The average molecular weight is 383 g/mol. The van der Waals surface area contributed by atoms with E-state index in [0.29, 0.717) is 11.1 Å². The van der Waals surface area contributed by atoms with Gasteiger partial charge in [0, 0.05) is 37.3 Å². The molecule has 0 spiro atoms. The highest BCUT2D eigenvalue weighted by Crippen LogP contribution is 2.21. The number of carbonyl (C=O) groups is 2. The maximum Gasteiger partial charge on any atom is 0.337 e. The molecule has 0 aliphatic carbocycles. The van der Waals surface area contributed by atoms with Crippen LogP contribution in [0, 0.1) is 0 Å². The van der Waals surface area contributed by atoms with E-state index in [1.807, 2.05) is 42.2 Å². The first-order valence-corrected chi connectivity index (χ1v) is 9.59. The van der Waals surface area contributed by atoms with Gasteiger partial charge >= 0.3 is 5.97 Å². The number of benzene rings is 1. The SMILES string of the molecule is C=C/C(=C\C=C/C)C(=O)N1C(C)CN(Cc2ccc(C(=O)OC)cc2)C[C@@H]1C. The molecule has 1 unspecified atom stereocenters. The molecular formula is C23H30N2O3. The Balaban J connectivity index is 2.05. The number of methoxy groups -OCH3 is 1. The molecule has 1 aliphatic heterocycles. The number of esters is 1. The monoisotopic (exact) mass is 382 g/mol. The summed E-state index contributed by atoms with van der Waals surface area (Å²) < 4.78 is 4.74. The number of allylic oxidation sites excluding steroid dienone is 3. The van der Waals surface area contributed by atoms with E-state index in [1.54, 1.807) is 18.2 Å². The van der Waals surface area contributed by atoms with E-state index in [-0.39, 0.29) is 24.0 Å². The summed E-state index contributed by atoms with van der Waals surface area (Å²) in [7, 11) is 1.38. The summed E-state index contributed by atoms with van der Waals surface area (Å²) in [6.45, 7) is 12.2. The van der Waals surface area contributed by atoms with Gasteiger partial charge in [0.2, 0.25) is 0 Å². The van der Waals surface area contributed by atoms with Crippen molar-refractivity contribution >= 4 is 11.9 Å². The molecule has 1 aliphatic rings. The van der Waals surface area contributed by atoms with Gasteiger partial charge in [0.1, 0.15) is 0 Å². The van der Waals surface area contributed by atoms with Crippen LogP contribution in [0.5, 0.6) is 0 Å². The minimum absolute atomic E-state index is 0.0233. The molecule has 0 saturated carbocycles. The van der Waals surface area contributed by atoms with Gasteiger partial charge in [-0.25, -0.2) is 4.79 Å². The highest BCUT2D eigenvalue weighted by molar-refractivity contribution is 5.96. The van der Waals surface area contributed by atoms with E-state index >= 15 is 0 Å². The van der Waals surface area contributed by atoms with Crippen molar-refractivity contribution in [3.63, 3.8) is 0 Å². The third-order valence-corrected chi connectivity index (χ3v) is 4.95. The number of rotatable bonds is 6. The Bertz CT molecular complexity index is 753. The lowest BCUT2D eigenvalue weighted by Gasteiger charge is -2.44. The van der Waals surface area contributed by atoms with Crippen molar-refractivity contribution in [1.82, 2.24) is 9.80 Å². The number of ether oxygens (including phenoxy) is 1. The van der Waals surface area contributed by atoms with Crippen molar-refractivity contribution in [1.29, 1.82) is 0 Å². The Kier molecular flexibility index (Phi) is 7.76. The van der Waals surface area contributed by atoms with Gasteiger partial charge in [0.25, 0.3) is 5.91 Å². The van der Waals surface area contributed by atoms with Crippen molar-refractivity contribution in [2.75, 3.05) is 20.2 Å². The fourth-order valence-corrected chi connectivity index (χ4v) is 3.66. The van der Waals surface area contributed by atoms with E-state index in [4.69, 9.17) is 4.74 Å². The standard InChI is InChI=1S/C23H30N2O3/c1-6-8-9-20(7-2)22(26)25-17(3)14-24(15-18(25)4)16-19-10-12-21(13-11-19)23(27)28-5/h6-13,17-18H,2,14-16H2,1,3-5H3/b8-6-,20-9+/t17-,18?/m0/s1. The molecule has 28 heavy (non-hydrogen) atoms. The quantitative estimate of drug-likeness (QED) is 0.429. The molecule has 1 heterocycles. The molecule has 1 aromatic carbocycles. The van der Waals surface area contributed by atoms with Gasteiger partial charge < -0.3 is 9.64 Å². The Morgan fingerprint density at radius 3 is 2.29 bits per heavy atom. The molecule has 2 rings (SSSR count). The maximum absolute atomic E-state index is 12.9. The summed E-state index contributed by atoms with van der Waals surface area (Å²) in [5.41, 5.74) is 2.29. The van der Waals surface area contributed by atoms with E-state index in [9.17, 15) is 9.59 Å².